The fourth-order valence-corrected chi connectivity index (χ4v) is 0.385. The van der Waals surface area contributed by atoms with Crippen molar-refractivity contribution in [3.8, 4) is 0 Å². The molecule has 66 valence electrons. The van der Waals surface area contributed by atoms with Gasteiger partial charge in [-0.15, -0.1) is 0 Å². The predicted octanol–water partition coefficient (Wildman–Crippen LogP) is -3.92. The molecule has 0 aromatic heterocycles. The topological polar surface area (TPSA) is 66.4 Å². The maximum Gasteiger partial charge on any atom is 0.311 e. The second-order valence-corrected chi connectivity index (χ2v) is 1.77. The lowest BCUT2D eigenvalue weighted by atomic mass is 10.4. The molecule has 0 unspecified atom stereocenters. The molecule has 4 nitrogen and oxygen atoms in total. The molecule has 0 spiro atoms. The number of carboxylic acid groups (broad SMARTS) is 1. The van der Waals surface area contributed by atoms with Crippen LogP contribution in [0, 0.1) is 0 Å². The Morgan fingerprint density at radius 3 is 2.36 bits per heavy atom. The van der Waals surface area contributed by atoms with Crippen molar-refractivity contribution in [2.45, 2.75) is 19.8 Å². The van der Waals surface area contributed by atoms with Gasteiger partial charge in [-0.05, 0) is 6.42 Å². The summed E-state index contributed by atoms with van der Waals surface area (Å²) in [5, 5.41) is 9.76. The molecule has 0 saturated heterocycles. The molecule has 0 aliphatic rings. The van der Waals surface area contributed by atoms with Crippen LogP contribution in [0.5, 0.6) is 0 Å². The van der Waals surface area contributed by atoms with E-state index in [9.17, 15) is 14.7 Å². The minimum absolute atomic E-state index is 0. The summed E-state index contributed by atoms with van der Waals surface area (Å²) in [7, 11) is 0. The van der Waals surface area contributed by atoms with Gasteiger partial charge in [-0.25, -0.2) is 0 Å². The molecule has 0 N–H and O–H groups in total. The van der Waals surface area contributed by atoms with E-state index in [-0.39, 0.29) is 19.0 Å². The summed E-state index contributed by atoms with van der Waals surface area (Å²) >= 11 is 0. The molecule has 0 fully saturated rings. The van der Waals surface area contributed by atoms with Crippen LogP contribution in [-0.4, -0.2) is 18.5 Å². The molecule has 0 aliphatic carbocycles. The van der Waals surface area contributed by atoms with Crippen LogP contribution in [0.3, 0.4) is 0 Å². The van der Waals surface area contributed by atoms with Crippen molar-refractivity contribution in [2.24, 2.45) is 0 Å². The van der Waals surface area contributed by atoms with Gasteiger partial charge in [0, 0.05) is 0 Å². The van der Waals surface area contributed by atoms with E-state index >= 15 is 0 Å². The van der Waals surface area contributed by atoms with Crippen LogP contribution in [0.25, 0.3) is 0 Å². The maximum atomic E-state index is 10.4. The highest BCUT2D eigenvalue weighted by molar-refractivity contribution is 5.88. The third-order valence-electron chi connectivity index (χ3n) is 0.756. The summed E-state index contributed by atoms with van der Waals surface area (Å²) in [5.74, 6) is -2.14. The number of ether oxygens (including phenoxy) is 1. The van der Waals surface area contributed by atoms with Crippen molar-refractivity contribution >= 4 is 11.9 Å². The average molecular weight is 181 g/mol. The Labute approximate surface area is 70.9 Å². The second-order valence-electron chi connectivity index (χ2n) is 1.77. The minimum Gasteiger partial charge on any atom is -1.00 e. The number of carbonyl (C=O) groups excluding carboxylic acids is 2. The van der Waals surface area contributed by atoms with E-state index in [1.165, 1.54) is 0 Å². The number of carboxylic acids is 1. The van der Waals surface area contributed by atoms with E-state index in [4.69, 9.17) is 0 Å². The number of halogens is 1. The number of carbonyl (C=O) groups is 2. The van der Waals surface area contributed by atoms with Crippen LogP contribution in [0.15, 0.2) is 0 Å². The molecule has 0 saturated carbocycles. The third kappa shape index (κ3) is 9.23. The molecular weight excluding hydrogens is 172 g/mol. The van der Waals surface area contributed by atoms with Gasteiger partial charge in [-0.1, -0.05) is 6.92 Å². The van der Waals surface area contributed by atoms with Crippen molar-refractivity contribution in [3.63, 3.8) is 0 Å². The lowest BCUT2D eigenvalue weighted by molar-refractivity contribution is -0.305. The molecule has 5 heteroatoms. The highest BCUT2D eigenvalue weighted by Crippen LogP contribution is 1.86. The summed E-state index contributed by atoms with van der Waals surface area (Å²) in [4.78, 5) is 20.1. The number of hydrogen-bond acceptors (Lipinski definition) is 4. The Kier molecular flexibility index (Phi) is 8.58. The Bertz CT molecular complexity index is 135. The molecule has 0 heterocycles. The molecule has 11 heavy (non-hydrogen) atoms. The zero-order chi connectivity index (χ0) is 7.98. The predicted molar refractivity (Wildman–Crippen MR) is 30.9 cm³/mol. The number of esters is 1. The van der Waals surface area contributed by atoms with E-state index in [1.807, 2.05) is 6.92 Å². The molecule has 0 atom stereocenters. The van der Waals surface area contributed by atoms with Crippen molar-refractivity contribution in [2.75, 3.05) is 6.61 Å². The van der Waals surface area contributed by atoms with Gasteiger partial charge in [0.2, 0.25) is 0 Å². The van der Waals surface area contributed by atoms with Crippen molar-refractivity contribution in [1.29, 1.82) is 0 Å². The van der Waals surface area contributed by atoms with Crippen molar-refractivity contribution in [3.05, 3.63) is 0 Å². The molecule has 0 rings (SSSR count). The first-order valence-corrected chi connectivity index (χ1v) is 3.02. The van der Waals surface area contributed by atoms with Gasteiger partial charge < -0.3 is 27.0 Å². The number of hydrogen-bond donors (Lipinski definition) is 0. The Morgan fingerprint density at radius 2 is 2.00 bits per heavy atom. The normalized spacial score (nSPS) is 8.09. The minimum atomic E-state index is -1.40. The molecule has 0 amide bonds. The zero-order valence-corrected chi connectivity index (χ0v) is 6.89. The molecular formula is C6H9ClO4-2. The van der Waals surface area contributed by atoms with Gasteiger partial charge in [0.25, 0.3) is 0 Å². The van der Waals surface area contributed by atoms with Gasteiger partial charge >= 0.3 is 5.97 Å². The van der Waals surface area contributed by atoms with E-state index in [0.29, 0.717) is 6.42 Å². The molecule has 0 aromatic rings. The Balaban J connectivity index is 0. The van der Waals surface area contributed by atoms with Gasteiger partial charge in [-0.2, -0.15) is 0 Å². The summed E-state index contributed by atoms with van der Waals surface area (Å²) in [6, 6.07) is 0. The third-order valence-corrected chi connectivity index (χ3v) is 0.756. The van der Waals surface area contributed by atoms with E-state index in [2.05, 4.69) is 4.74 Å². The van der Waals surface area contributed by atoms with Crippen molar-refractivity contribution < 1.29 is 31.8 Å². The molecule has 0 bridgehead atoms. The standard InChI is InChI=1S/C6H10O4.ClH/c1-2-3-10-6(9)4-5(7)8;/h2-4H2,1H3,(H,7,8);1H/p-2. The summed E-state index contributed by atoms with van der Waals surface area (Å²) < 4.78 is 4.44. The maximum absolute atomic E-state index is 10.4. The summed E-state index contributed by atoms with van der Waals surface area (Å²) in [6.07, 6.45) is 0.0405. The van der Waals surface area contributed by atoms with E-state index < -0.39 is 18.4 Å². The fourth-order valence-electron chi connectivity index (χ4n) is 0.385. The zero-order valence-electron chi connectivity index (χ0n) is 6.13. The first-order chi connectivity index (χ1) is 4.66. The highest BCUT2D eigenvalue weighted by Gasteiger charge is 2.00. The van der Waals surface area contributed by atoms with Crippen LogP contribution in [0.1, 0.15) is 19.8 Å². The monoisotopic (exact) mass is 180 g/mol. The van der Waals surface area contributed by atoms with Crippen LogP contribution in [0.2, 0.25) is 0 Å². The van der Waals surface area contributed by atoms with E-state index in [0.717, 1.165) is 0 Å². The van der Waals surface area contributed by atoms with Gasteiger partial charge in [-0.3, -0.25) is 4.79 Å². The largest absolute Gasteiger partial charge is 1.00 e. The Morgan fingerprint density at radius 1 is 1.45 bits per heavy atom. The van der Waals surface area contributed by atoms with E-state index in [1.54, 1.807) is 0 Å². The SMILES string of the molecule is CCCOC(=O)CC(=O)[O-].[Cl-]. The Hall–Kier alpha value is -0.770. The van der Waals surface area contributed by atoms with Crippen LogP contribution >= 0.6 is 0 Å². The average Bonchev–Trinajstić information content (AvgIpc) is 1.82. The number of rotatable bonds is 4. The lowest BCUT2D eigenvalue weighted by Crippen LogP contribution is -3.00. The molecule has 0 aromatic carbocycles. The second kappa shape index (κ2) is 7.34. The summed E-state index contributed by atoms with van der Waals surface area (Å²) in [6.45, 7) is 2.10. The first kappa shape index (κ1) is 12.9. The highest BCUT2D eigenvalue weighted by atomic mass is 35.5. The first-order valence-electron chi connectivity index (χ1n) is 3.02. The smallest absolute Gasteiger partial charge is 0.311 e. The van der Waals surface area contributed by atoms with Crippen LogP contribution < -0.4 is 17.5 Å². The molecule has 0 radical (unpaired) electrons. The van der Waals surface area contributed by atoms with Crippen LogP contribution in [-0.2, 0) is 14.3 Å². The lowest BCUT2D eigenvalue weighted by Gasteiger charge is -2.02. The fraction of sp³-hybridized carbons (Fsp3) is 0.667. The quantitative estimate of drug-likeness (QED) is 0.328. The summed E-state index contributed by atoms with van der Waals surface area (Å²) in [5.41, 5.74) is 0. The van der Waals surface area contributed by atoms with Crippen LogP contribution in [0.4, 0.5) is 0 Å². The number of aliphatic carboxylic acids is 1. The van der Waals surface area contributed by atoms with Gasteiger partial charge in [0.15, 0.2) is 0 Å². The van der Waals surface area contributed by atoms with Gasteiger partial charge in [0.05, 0.1) is 19.0 Å². The molecule has 0 aliphatic heterocycles. The van der Waals surface area contributed by atoms with Crippen molar-refractivity contribution in [1.82, 2.24) is 0 Å². The van der Waals surface area contributed by atoms with Gasteiger partial charge in [0.1, 0.15) is 0 Å².